The second-order valence-corrected chi connectivity index (χ2v) is 8.82. The molecule has 0 radical (unpaired) electrons. The average Bonchev–Trinajstić information content (AvgIpc) is 2.61. The summed E-state index contributed by atoms with van der Waals surface area (Å²) in [6.07, 6.45) is 0. The summed E-state index contributed by atoms with van der Waals surface area (Å²) in [4.78, 5) is 24.3. The molecule has 0 aliphatic carbocycles. The first-order valence-electron chi connectivity index (χ1n) is 7.21. The molecule has 0 heterocycles. The maximum Gasteiger partial charge on any atom is 0.271 e. The summed E-state index contributed by atoms with van der Waals surface area (Å²) in [5, 5.41) is 0.221. The molecule has 2 aromatic carbocycles. The second kappa shape index (κ2) is 8.17. The van der Waals surface area contributed by atoms with E-state index in [1.807, 2.05) is 0 Å². The summed E-state index contributed by atoms with van der Waals surface area (Å²) in [5.41, 5.74) is 4.72. The molecule has 0 saturated heterocycles. The Balaban J connectivity index is 2.14. The molecule has 138 valence electrons. The lowest BCUT2D eigenvalue weighted by molar-refractivity contribution is 0.0846. The number of amides is 2. The first kappa shape index (κ1) is 20.4. The summed E-state index contributed by atoms with van der Waals surface area (Å²) >= 11 is 9.19. The molecule has 2 aromatic rings. The molecule has 0 aliphatic rings. The Kier molecular flexibility index (Phi) is 6.40. The van der Waals surface area contributed by atoms with Gasteiger partial charge in [-0.25, -0.2) is 12.7 Å². The molecule has 10 heteroatoms. The lowest BCUT2D eigenvalue weighted by atomic mass is 10.2. The molecule has 2 N–H and O–H groups in total. The summed E-state index contributed by atoms with van der Waals surface area (Å²) in [6, 6.07) is 10.2. The zero-order chi connectivity index (χ0) is 19.5. The highest BCUT2D eigenvalue weighted by Crippen LogP contribution is 2.20. The molecule has 0 saturated carbocycles. The van der Waals surface area contributed by atoms with E-state index in [9.17, 15) is 18.0 Å². The monoisotopic (exact) mass is 459 g/mol. The number of sulfonamides is 1. The van der Waals surface area contributed by atoms with Crippen molar-refractivity contribution >= 4 is 49.4 Å². The Morgan fingerprint density at radius 1 is 1.04 bits per heavy atom. The van der Waals surface area contributed by atoms with E-state index in [0.717, 1.165) is 4.31 Å². The largest absolute Gasteiger partial charge is 0.271 e. The van der Waals surface area contributed by atoms with Gasteiger partial charge in [-0.15, -0.1) is 0 Å². The first-order chi connectivity index (χ1) is 12.1. The van der Waals surface area contributed by atoms with Gasteiger partial charge in [0.15, 0.2) is 0 Å². The van der Waals surface area contributed by atoms with Crippen LogP contribution in [0.2, 0.25) is 5.02 Å². The number of nitrogens with zero attached hydrogens (tertiary/aromatic N) is 1. The molecule has 0 aromatic heterocycles. The quantitative estimate of drug-likeness (QED) is 0.685. The van der Waals surface area contributed by atoms with Crippen LogP contribution < -0.4 is 10.9 Å². The van der Waals surface area contributed by atoms with E-state index in [-0.39, 0.29) is 21.0 Å². The molecular formula is C16H15BrClN3O4S. The summed E-state index contributed by atoms with van der Waals surface area (Å²) < 4.78 is 26.0. The highest BCUT2D eigenvalue weighted by molar-refractivity contribution is 9.10. The predicted octanol–water partition coefficient (Wildman–Crippen LogP) is 2.43. The van der Waals surface area contributed by atoms with E-state index >= 15 is 0 Å². The van der Waals surface area contributed by atoms with Gasteiger partial charge in [0, 0.05) is 24.1 Å². The first-order valence-corrected chi connectivity index (χ1v) is 9.82. The molecule has 0 unspecified atom stereocenters. The van der Waals surface area contributed by atoms with Crippen LogP contribution in [0.3, 0.4) is 0 Å². The van der Waals surface area contributed by atoms with Crippen molar-refractivity contribution in [2.45, 2.75) is 4.90 Å². The summed E-state index contributed by atoms with van der Waals surface area (Å²) in [7, 11) is -0.888. The maximum atomic E-state index is 12.2. The highest BCUT2D eigenvalue weighted by Gasteiger charge is 2.19. The standard InChI is InChI=1S/C16H15BrClN3O4S/c1-21(2)26(24,25)12-5-3-4-10(8-12)15(22)19-20-16(23)13-9-11(17)6-7-14(13)18/h3-9H,1-2H3,(H,19,22)(H,20,23). The van der Waals surface area contributed by atoms with Crippen LogP contribution in [-0.4, -0.2) is 38.6 Å². The topological polar surface area (TPSA) is 95.6 Å². The van der Waals surface area contributed by atoms with Crippen LogP contribution in [0.4, 0.5) is 0 Å². The number of hydrogen-bond acceptors (Lipinski definition) is 4. The zero-order valence-corrected chi connectivity index (χ0v) is 16.9. The van der Waals surface area contributed by atoms with Crippen LogP contribution in [0, 0.1) is 0 Å². The molecule has 26 heavy (non-hydrogen) atoms. The van der Waals surface area contributed by atoms with Gasteiger partial charge in [-0.2, -0.15) is 0 Å². The zero-order valence-electron chi connectivity index (χ0n) is 13.8. The van der Waals surface area contributed by atoms with Gasteiger partial charge in [0.2, 0.25) is 10.0 Å². The van der Waals surface area contributed by atoms with Crippen LogP contribution in [0.25, 0.3) is 0 Å². The third-order valence-corrected chi connectivity index (χ3v) is 5.97. The minimum absolute atomic E-state index is 0.0310. The van der Waals surface area contributed by atoms with Gasteiger partial charge in [-0.05, 0) is 36.4 Å². The fraction of sp³-hybridized carbons (Fsp3) is 0.125. The molecule has 0 spiro atoms. The molecule has 0 aliphatic heterocycles. The third-order valence-electron chi connectivity index (χ3n) is 3.34. The Morgan fingerprint density at radius 3 is 2.35 bits per heavy atom. The molecule has 2 amide bonds. The van der Waals surface area contributed by atoms with Gasteiger partial charge in [0.1, 0.15) is 0 Å². The molecular weight excluding hydrogens is 446 g/mol. The smallest absolute Gasteiger partial charge is 0.267 e. The molecule has 7 nitrogen and oxygen atoms in total. The van der Waals surface area contributed by atoms with Crippen LogP contribution in [0.1, 0.15) is 20.7 Å². The van der Waals surface area contributed by atoms with E-state index in [4.69, 9.17) is 11.6 Å². The predicted molar refractivity (Wildman–Crippen MR) is 101 cm³/mol. The number of halogens is 2. The fourth-order valence-electron chi connectivity index (χ4n) is 1.93. The van der Waals surface area contributed by atoms with Crippen molar-refractivity contribution in [3.05, 3.63) is 63.1 Å². The lowest BCUT2D eigenvalue weighted by Gasteiger charge is -2.12. The molecule has 0 bridgehead atoms. The Labute approximate surface area is 164 Å². The third kappa shape index (κ3) is 4.61. The number of carbonyl (C=O) groups excluding carboxylic acids is 2. The van der Waals surface area contributed by atoms with Gasteiger partial charge in [-0.1, -0.05) is 33.6 Å². The van der Waals surface area contributed by atoms with E-state index in [1.54, 1.807) is 6.07 Å². The van der Waals surface area contributed by atoms with Crippen molar-refractivity contribution in [1.29, 1.82) is 0 Å². The number of rotatable bonds is 4. The van der Waals surface area contributed by atoms with Crippen LogP contribution >= 0.6 is 27.5 Å². The van der Waals surface area contributed by atoms with Crippen molar-refractivity contribution < 1.29 is 18.0 Å². The van der Waals surface area contributed by atoms with Crippen molar-refractivity contribution in [1.82, 2.24) is 15.2 Å². The van der Waals surface area contributed by atoms with E-state index < -0.39 is 21.8 Å². The summed E-state index contributed by atoms with van der Waals surface area (Å²) in [5.74, 6) is -1.28. The Bertz CT molecular complexity index is 964. The second-order valence-electron chi connectivity index (χ2n) is 5.35. The summed E-state index contributed by atoms with van der Waals surface area (Å²) in [6.45, 7) is 0. The van der Waals surface area contributed by atoms with Gasteiger partial charge < -0.3 is 0 Å². The number of benzene rings is 2. The van der Waals surface area contributed by atoms with E-state index in [1.165, 1.54) is 50.5 Å². The minimum atomic E-state index is -3.67. The number of carbonyl (C=O) groups is 2. The SMILES string of the molecule is CN(C)S(=O)(=O)c1cccc(C(=O)NNC(=O)c2cc(Br)ccc2Cl)c1. The Morgan fingerprint density at radius 2 is 1.69 bits per heavy atom. The van der Waals surface area contributed by atoms with Gasteiger partial charge in [0.25, 0.3) is 11.8 Å². The number of hydrazine groups is 1. The van der Waals surface area contributed by atoms with Crippen molar-refractivity contribution in [2.24, 2.45) is 0 Å². The van der Waals surface area contributed by atoms with Crippen molar-refractivity contribution in [3.63, 3.8) is 0 Å². The van der Waals surface area contributed by atoms with Crippen molar-refractivity contribution in [3.8, 4) is 0 Å². The Hall–Kier alpha value is -1.94. The lowest BCUT2D eigenvalue weighted by Crippen LogP contribution is -2.41. The fourth-order valence-corrected chi connectivity index (χ4v) is 3.45. The van der Waals surface area contributed by atoms with E-state index in [2.05, 4.69) is 26.8 Å². The number of hydrogen-bond donors (Lipinski definition) is 2. The van der Waals surface area contributed by atoms with Gasteiger partial charge in [-0.3, -0.25) is 20.4 Å². The van der Waals surface area contributed by atoms with Crippen LogP contribution in [0.15, 0.2) is 51.8 Å². The maximum absolute atomic E-state index is 12.2. The molecule has 0 atom stereocenters. The van der Waals surface area contributed by atoms with Crippen LogP contribution in [-0.2, 0) is 10.0 Å². The van der Waals surface area contributed by atoms with Gasteiger partial charge >= 0.3 is 0 Å². The highest BCUT2D eigenvalue weighted by atomic mass is 79.9. The van der Waals surface area contributed by atoms with Crippen LogP contribution in [0.5, 0.6) is 0 Å². The molecule has 2 rings (SSSR count). The van der Waals surface area contributed by atoms with Crippen molar-refractivity contribution in [2.75, 3.05) is 14.1 Å². The normalized spacial score (nSPS) is 11.3. The molecule has 0 fully saturated rings. The number of nitrogens with one attached hydrogen (secondary N) is 2. The van der Waals surface area contributed by atoms with Gasteiger partial charge in [0.05, 0.1) is 15.5 Å². The average molecular weight is 461 g/mol. The van der Waals surface area contributed by atoms with E-state index in [0.29, 0.717) is 4.47 Å². The minimum Gasteiger partial charge on any atom is -0.267 e.